The predicted octanol–water partition coefficient (Wildman–Crippen LogP) is 1.72. The number of benzene rings is 1. The van der Waals surface area contributed by atoms with Crippen LogP contribution in [0.25, 0.3) is 0 Å². The van der Waals surface area contributed by atoms with Crippen LogP contribution < -0.4 is 11.1 Å². The minimum absolute atomic E-state index is 0.208. The molecule has 3 N–H and O–H groups in total. The van der Waals surface area contributed by atoms with Crippen molar-refractivity contribution in [3.8, 4) is 12.3 Å². The first kappa shape index (κ1) is 12.1. The molecule has 0 spiro atoms. The van der Waals surface area contributed by atoms with E-state index in [0.29, 0.717) is 17.7 Å². The van der Waals surface area contributed by atoms with Gasteiger partial charge in [-0.15, -0.1) is 6.42 Å². The van der Waals surface area contributed by atoms with Gasteiger partial charge >= 0.3 is 0 Å². The number of nitrogens with one attached hydrogen (secondary N) is 1. The van der Waals surface area contributed by atoms with Crippen molar-refractivity contribution in [3.05, 3.63) is 29.3 Å². The molecule has 1 rings (SSSR count). The summed E-state index contributed by atoms with van der Waals surface area (Å²) in [4.78, 5) is 11.9. The van der Waals surface area contributed by atoms with Gasteiger partial charge in [-0.2, -0.15) is 0 Å². The first-order chi connectivity index (χ1) is 7.60. The standard InChI is InChI=1S/C13H16N2O/c1-4-10(5-2)15-13(16)12-9(3)7-6-8-11(12)14/h1,6-8,10H,5,14H2,2-3H3,(H,15,16). The van der Waals surface area contributed by atoms with E-state index in [4.69, 9.17) is 12.2 Å². The zero-order valence-electron chi connectivity index (χ0n) is 9.58. The second-order valence-corrected chi connectivity index (χ2v) is 3.64. The van der Waals surface area contributed by atoms with E-state index in [1.165, 1.54) is 0 Å². The summed E-state index contributed by atoms with van der Waals surface area (Å²) in [7, 11) is 0. The Hall–Kier alpha value is -1.95. The second-order valence-electron chi connectivity index (χ2n) is 3.64. The largest absolute Gasteiger partial charge is 0.398 e. The summed E-state index contributed by atoms with van der Waals surface area (Å²) in [5.41, 5.74) is 7.61. The summed E-state index contributed by atoms with van der Waals surface area (Å²) in [6.45, 7) is 3.77. The van der Waals surface area contributed by atoms with Gasteiger partial charge in [-0.3, -0.25) is 4.79 Å². The van der Waals surface area contributed by atoms with Gasteiger partial charge in [-0.05, 0) is 25.0 Å². The van der Waals surface area contributed by atoms with Crippen molar-refractivity contribution in [2.75, 3.05) is 5.73 Å². The first-order valence-corrected chi connectivity index (χ1v) is 5.22. The molecule has 3 nitrogen and oxygen atoms in total. The van der Waals surface area contributed by atoms with Gasteiger partial charge in [0.2, 0.25) is 0 Å². The molecule has 1 aromatic rings. The molecule has 0 aliphatic heterocycles. The van der Waals surface area contributed by atoms with Crippen LogP contribution in [0.4, 0.5) is 5.69 Å². The van der Waals surface area contributed by atoms with E-state index in [1.807, 2.05) is 26.0 Å². The topological polar surface area (TPSA) is 55.1 Å². The van der Waals surface area contributed by atoms with Gasteiger partial charge in [0, 0.05) is 5.69 Å². The van der Waals surface area contributed by atoms with Crippen LogP contribution in [0.15, 0.2) is 18.2 Å². The number of amides is 1. The summed E-state index contributed by atoms with van der Waals surface area (Å²) in [6.07, 6.45) is 5.99. The molecule has 0 aliphatic rings. The number of nitrogen functional groups attached to an aromatic ring is 1. The Balaban J connectivity index is 2.94. The summed E-state index contributed by atoms with van der Waals surface area (Å²) in [6, 6.07) is 5.13. The van der Waals surface area contributed by atoms with Crippen molar-refractivity contribution in [1.82, 2.24) is 5.32 Å². The number of rotatable bonds is 3. The summed E-state index contributed by atoms with van der Waals surface area (Å²) in [5.74, 6) is 2.31. The van der Waals surface area contributed by atoms with Crippen LogP contribution in [0, 0.1) is 19.3 Å². The average Bonchev–Trinajstić information content (AvgIpc) is 2.25. The Morgan fingerprint density at radius 3 is 2.81 bits per heavy atom. The smallest absolute Gasteiger partial charge is 0.254 e. The molecule has 0 bridgehead atoms. The molecule has 3 heteroatoms. The molecule has 1 unspecified atom stereocenters. The highest BCUT2D eigenvalue weighted by Crippen LogP contribution is 2.16. The lowest BCUT2D eigenvalue weighted by Crippen LogP contribution is -2.34. The maximum Gasteiger partial charge on any atom is 0.254 e. The highest BCUT2D eigenvalue weighted by molar-refractivity contribution is 6.00. The molecule has 0 heterocycles. The highest BCUT2D eigenvalue weighted by Gasteiger charge is 2.14. The van der Waals surface area contributed by atoms with E-state index in [9.17, 15) is 4.79 Å². The number of carbonyl (C=O) groups excluding carboxylic acids is 1. The quantitative estimate of drug-likeness (QED) is 0.597. The molecule has 0 saturated carbocycles. The van der Waals surface area contributed by atoms with Crippen LogP contribution >= 0.6 is 0 Å². The van der Waals surface area contributed by atoms with Crippen LogP contribution in [-0.2, 0) is 0 Å². The Morgan fingerprint density at radius 1 is 1.62 bits per heavy atom. The van der Waals surface area contributed by atoms with Crippen molar-refractivity contribution < 1.29 is 4.79 Å². The maximum atomic E-state index is 11.9. The van der Waals surface area contributed by atoms with E-state index < -0.39 is 0 Å². The molecular formula is C13H16N2O. The monoisotopic (exact) mass is 216 g/mol. The third-order valence-electron chi connectivity index (χ3n) is 2.45. The number of terminal acetylenes is 1. The van der Waals surface area contributed by atoms with Gasteiger partial charge in [0.05, 0.1) is 11.6 Å². The SMILES string of the molecule is C#CC(CC)NC(=O)c1c(C)cccc1N. The number of hydrogen-bond donors (Lipinski definition) is 2. The molecule has 1 atom stereocenters. The normalized spacial score (nSPS) is 11.6. The lowest BCUT2D eigenvalue weighted by Gasteiger charge is -2.13. The van der Waals surface area contributed by atoms with Gasteiger partial charge in [0.1, 0.15) is 0 Å². The molecule has 84 valence electrons. The van der Waals surface area contributed by atoms with Gasteiger partial charge in [0.25, 0.3) is 5.91 Å². The van der Waals surface area contributed by atoms with E-state index in [1.54, 1.807) is 6.07 Å². The molecular weight excluding hydrogens is 200 g/mol. The van der Waals surface area contributed by atoms with E-state index in [0.717, 1.165) is 5.56 Å². The third-order valence-corrected chi connectivity index (χ3v) is 2.45. The van der Waals surface area contributed by atoms with Crippen molar-refractivity contribution in [1.29, 1.82) is 0 Å². The van der Waals surface area contributed by atoms with Gasteiger partial charge < -0.3 is 11.1 Å². The van der Waals surface area contributed by atoms with Crippen LogP contribution in [-0.4, -0.2) is 11.9 Å². The van der Waals surface area contributed by atoms with Crippen LogP contribution in [0.2, 0.25) is 0 Å². The molecule has 1 amide bonds. The number of nitrogens with two attached hydrogens (primary N) is 1. The Bertz CT molecular complexity index is 412. The summed E-state index contributed by atoms with van der Waals surface area (Å²) < 4.78 is 0. The minimum atomic E-state index is -0.244. The van der Waals surface area contributed by atoms with Crippen LogP contribution in [0.1, 0.15) is 29.3 Å². The van der Waals surface area contributed by atoms with Crippen molar-refractivity contribution in [2.24, 2.45) is 0 Å². The van der Waals surface area contributed by atoms with Crippen molar-refractivity contribution in [2.45, 2.75) is 26.3 Å². The molecule has 1 aromatic carbocycles. The fourth-order valence-corrected chi connectivity index (χ4v) is 1.49. The lowest BCUT2D eigenvalue weighted by molar-refractivity contribution is 0.0945. The predicted molar refractivity (Wildman–Crippen MR) is 66.0 cm³/mol. The summed E-state index contributed by atoms with van der Waals surface area (Å²) in [5, 5.41) is 2.76. The third kappa shape index (κ3) is 2.54. The fraction of sp³-hybridized carbons (Fsp3) is 0.308. The maximum absolute atomic E-state index is 11.9. The van der Waals surface area contributed by atoms with Crippen molar-refractivity contribution in [3.63, 3.8) is 0 Å². The number of carbonyl (C=O) groups is 1. The van der Waals surface area contributed by atoms with E-state index in [-0.39, 0.29) is 11.9 Å². The molecule has 0 radical (unpaired) electrons. The molecule has 0 saturated heterocycles. The van der Waals surface area contributed by atoms with Crippen LogP contribution in [0.5, 0.6) is 0 Å². The molecule has 16 heavy (non-hydrogen) atoms. The van der Waals surface area contributed by atoms with Gasteiger partial charge in [-0.25, -0.2) is 0 Å². The first-order valence-electron chi connectivity index (χ1n) is 5.22. The zero-order chi connectivity index (χ0) is 12.1. The highest BCUT2D eigenvalue weighted by atomic mass is 16.1. The van der Waals surface area contributed by atoms with E-state index in [2.05, 4.69) is 11.2 Å². The van der Waals surface area contributed by atoms with Gasteiger partial charge in [0.15, 0.2) is 0 Å². The second kappa shape index (κ2) is 5.22. The Kier molecular flexibility index (Phi) is 3.96. The Labute approximate surface area is 96.0 Å². The molecule has 0 aliphatic carbocycles. The van der Waals surface area contributed by atoms with Crippen molar-refractivity contribution >= 4 is 11.6 Å². The number of aryl methyl sites for hydroxylation is 1. The minimum Gasteiger partial charge on any atom is -0.398 e. The zero-order valence-corrected chi connectivity index (χ0v) is 9.58. The number of hydrogen-bond acceptors (Lipinski definition) is 2. The average molecular weight is 216 g/mol. The lowest BCUT2D eigenvalue weighted by atomic mass is 10.1. The Morgan fingerprint density at radius 2 is 2.31 bits per heavy atom. The van der Waals surface area contributed by atoms with Crippen LogP contribution in [0.3, 0.4) is 0 Å². The fourth-order valence-electron chi connectivity index (χ4n) is 1.49. The number of anilines is 1. The molecule has 0 fully saturated rings. The molecule has 0 aromatic heterocycles. The summed E-state index contributed by atoms with van der Waals surface area (Å²) >= 11 is 0. The van der Waals surface area contributed by atoms with E-state index >= 15 is 0 Å². The van der Waals surface area contributed by atoms with Gasteiger partial charge in [-0.1, -0.05) is 25.0 Å².